The van der Waals surface area contributed by atoms with E-state index in [1.54, 1.807) is 19.4 Å². The summed E-state index contributed by atoms with van der Waals surface area (Å²) in [7, 11) is 1.60. The Morgan fingerprint density at radius 3 is 2.86 bits per heavy atom. The molecule has 0 radical (unpaired) electrons. The lowest BCUT2D eigenvalue weighted by Crippen LogP contribution is -1.89. The van der Waals surface area contributed by atoms with Crippen molar-refractivity contribution in [3.63, 3.8) is 0 Å². The van der Waals surface area contributed by atoms with Crippen LogP contribution in [0.5, 0.6) is 5.19 Å². The Labute approximate surface area is 85.4 Å². The number of nitrogen functional groups attached to an aromatic ring is 1. The Morgan fingerprint density at radius 2 is 2.29 bits per heavy atom. The van der Waals surface area contributed by atoms with Crippen molar-refractivity contribution in [1.29, 1.82) is 0 Å². The van der Waals surface area contributed by atoms with Gasteiger partial charge < -0.3 is 10.5 Å². The number of thiazole rings is 1. The standard InChI is InChI=1S/C9H9N3OS/c1-13-9-12-7(5-14-9)6-2-3-8(10)11-4-6/h2-5H,1H3,(H2,10,11). The van der Waals surface area contributed by atoms with Crippen molar-refractivity contribution in [2.45, 2.75) is 0 Å². The van der Waals surface area contributed by atoms with Crippen molar-refractivity contribution in [3.8, 4) is 16.5 Å². The third-order valence-corrected chi connectivity index (χ3v) is 2.54. The van der Waals surface area contributed by atoms with Crippen LogP contribution in [-0.4, -0.2) is 17.1 Å². The number of rotatable bonds is 2. The molecule has 0 spiro atoms. The lowest BCUT2D eigenvalue weighted by atomic mass is 10.2. The molecule has 0 fully saturated rings. The van der Waals surface area contributed by atoms with E-state index in [9.17, 15) is 0 Å². The van der Waals surface area contributed by atoms with Gasteiger partial charge in [0.15, 0.2) is 0 Å². The van der Waals surface area contributed by atoms with Crippen molar-refractivity contribution < 1.29 is 4.74 Å². The molecule has 2 N–H and O–H groups in total. The van der Waals surface area contributed by atoms with Crippen LogP contribution in [0.15, 0.2) is 23.7 Å². The minimum absolute atomic E-state index is 0.510. The Bertz CT molecular complexity index is 424. The molecule has 0 aliphatic heterocycles. The second-order valence-corrected chi connectivity index (χ2v) is 3.50. The van der Waals surface area contributed by atoms with Gasteiger partial charge >= 0.3 is 0 Å². The van der Waals surface area contributed by atoms with Crippen LogP contribution in [0.25, 0.3) is 11.3 Å². The summed E-state index contributed by atoms with van der Waals surface area (Å²) in [5.74, 6) is 0.510. The molecule has 0 aliphatic rings. The van der Waals surface area contributed by atoms with Gasteiger partial charge in [-0.25, -0.2) is 9.97 Å². The predicted molar refractivity (Wildman–Crippen MR) is 56.3 cm³/mol. The normalized spacial score (nSPS) is 10.1. The lowest BCUT2D eigenvalue weighted by molar-refractivity contribution is 0.412. The van der Waals surface area contributed by atoms with Crippen molar-refractivity contribution in [3.05, 3.63) is 23.7 Å². The molecular weight excluding hydrogens is 198 g/mol. The smallest absolute Gasteiger partial charge is 0.273 e. The van der Waals surface area contributed by atoms with Gasteiger partial charge in [-0.1, -0.05) is 11.3 Å². The van der Waals surface area contributed by atoms with Gasteiger partial charge in [0, 0.05) is 17.1 Å². The second-order valence-electron chi connectivity index (χ2n) is 2.67. The molecule has 0 saturated carbocycles. The molecule has 4 nitrogen and oxygen atoms in total. The third kappa shape index (κ3) is 1.67. The first-order valence-corrected chi connectivity index (χ1v) is 4.89. The van der Waals surface area contributed by atoms with Crippen LogP contribution in [0.3, 0.4) is 0 Å². The molecule has 2 heterocycles. The molecule has 0 amide bonds. The van der Waals surface area contributed by atoms with E-state index in [1.165, 1.54) is 11.3 Å². The number of pyridine rings is 1. The zero-order chi connectivity index (χ0) is 9.97. The third-order valence-electron chi connectivity index (χ3n) is 1.74. The summed E-state index contributed by atoms with van der Waals surface area (Å²) < 4.78 is 5.00. The van der Waals surface area contributed by atoms with Gasteiger partial charge in [0.05, 0.1) is 12.8 Å². The molecule has 0 aromatic carbocycles. The first-order chi connectivity index (χ1) is 6.79. The van der Waals surface area contributed by atoms with Crippen LogP contribution in [0.1, 0.15) is 0 Å². The molecule has 14 heavy (non-hydrogen) atoms. The average molecular weight is 207 g/mol. The van der Waals surface area contributed by atoms with E-state index in [4.69, 9.17) is 10.5 Å². The quantitative estimate of drug-likeness (QED) is 0.815. The largest absolute Gasteiger partial charge is 0.473 e. The fourth-order valence-electron chi connectivity index (χ4n) is 1.04. The first kappa shape index (κ1) is 8.96. The summed E-state index contributed by atoms with van der Waals surface area (Å²) in [4.78, 5) is 8.24. The van der Waals surface area contributed by atoms with E-state index in [2.05, 4.69) is 9.97 Å². The van der Waals surface area contributed by atoms with Crippen molar-refractivity contribution >= 4 is 17.2 Å². The number of hydrogen-bond acceptors (Lipinski definition) is 5. The summed E-state index contributed by atoms with van der Waals surface area (Å²) in [5, 5.41) is 2.57. The van der Waals surface area contributed by atoms with Crippen LogP contribution in [-0.2, 0) is 0 Å². The lowest BCUT2D eigenvalue weighted by Gasteiger charge is -1.95. The monoisotopic (exact) mass is 207 g/mol. The van der Waals surface area contributed by atoms with Gasteiger partial charge in [-0.2, -0.15) is 0 Å². The Kier molecular flexibility index (Phi) is 2.32. The summed E-state index contributed by atoms with van der Waals surface area (Å²) in [6.07, 6.45) is 1.70. The van der Waals surface area contributed by atoms with Gasteiger partial charge in [-0.3, -0.25) is 0 Å². The second kappa shape index (κ2) is 3.63. The summed E-state index contributed by atoms with van der Waals surface area (Å²) >= 11 is 1.46. The maximum atomic E-state index is 5.48. The highest BCUT2D eigenvalue weighted by Gasteiger charge is 2.04. The first-order valence-electron chi connectivity index (χ1n) is 4.01. The van der Waals surface area contributed by atoms with E-state index in [1.807, 2.05) is 11.4 Å². The molecule has 2 aromatic heterocycles. The van der Waals surface area contributed by atoms with Gasteiger partial charge in [-0.15, -0.1) is 0 Å². The molecule has 2 aromatic rings. The highest BCUT2D eigenvalue weighted by Crippen LogP contribution is 2.25. The SMILES string of the molecule is COc1nc(-c2ccc(N)nc2)cs1. The molecule has 2 rings (SSSR count). The topological polar surface area (TPSA) is 61.0 Å². The summed E-state index contributed by atoms with van der Waals surface area (Å²) in [5.41, 5.74) is 7.29. The molecule has 0 unspecified atom stereocenters. The van der Waals surface area contributed by atoms with E-state index < -0.39 is 0 Å². The highest BCUT2D eigenvalue weighted by atomic mass is 32.1. The summed E-state index contributed by atoms with van der Waals surface area (Å²) in [6.45, 7) is 0. The van der Waals surface area contributed by atoms with Crippen LogP contribution >= 0.6 is 11.3 Å². The number of anilines is 1. The van der Waals surface area contributed by atoms with Gasteiger partial charge in [-0.05, 0) is 12.1 Å². The molecule has 0 saturated heterocycles. The van der Waals surface area contributed by atoms with Crippen LogP contribution in [0.2, 0.25) is 0 Å². The molecule has 5 heteroatoms. The molecular formula is C9H9N3OS. The Morgan fingerprint density at radius 1 is 1.43 bits per heavy atom. The fraction of sp³-hybridized carbons (Fsp3) is 0.111. The van der Waals surface area contributed by atoms with E-state index in [0.717, 1.165) is 11.3 Å². The Hall–Kier alpha value is -1.62. The number of nitrogens with two attached hydrogens (primary N) is 1. The number of ether oxygens (including phenoxy) is 1. The van der Waals surface area contributed by atoms with Gasteiger partial charge in [0.2, 0.25) is 0 Å². The minimum Gasteiger partial charge on any atom is -0.473 e. The van der Waals surface area contributed by atoms with Gasteiger partial charge in [0.1, 0.15) is 5.82 Å². The zero-order valence-corrected chi connectivity index (χ0v) is 8.41. The maximum absolute atomic E-state index is 5.48. The van der Waals surface area contributed by atoms with E-state index in [-0.39, 0.29) is 0 Å². The van der Waals surface area contributed by atoms with Crippen LogP contribution < -0.4 is 10.5 Å². The maximum Gasteiger partial charge on any atom is 0.273 e. The zero-order valence-electron chi connectivity index (χ0n) is 7.60. The molecule has 0 aliphatic carbocycles. The number of nitrogens with zero attached hydrogens (tertiary/aromatic N) is 2. The Balaban J connectivity index is 2.34. The molecule has 72 valence electrons. The van der Waals surface area contributed by atoms with Crippen LogP contribution in [0.4, 0.5) is 5.82 Å². The number of hydrogen-bond donors (Lipinski definition) is 1. The summed E-state index contributed by atoms with van der Waals surface area (Å²) in [6, 6.07) is 3.64. The highest BCUT2D eigenvalue weighted by molar-refractivity contribution is 7.11. The minimum atomic E-state index is 0.510. The number of methoxy groups -OCH3 is 1. The average Bonchev–Trinajstić information content (AvgIpc) is 2.67. The predicted octanol–water partition coefficient (Wildman–Crippen LogP) is 1.80. The van der Waals surface area contributed by atoms with Crippen LogP contribution in [0, 0.1) is 0 Å². The van der Waals surface area contributed by atoms with Crippen molar-refractivity contribution in [2.75, 3.05) is 12.8 Å². The van der Waals surface area contributed by atoms with Crippen molar-refractivity contribution in [2.24, 2.45) is 0 Å². The van der Waals surface area contributed by atoms with E-state index >= 15 is 0 Å². The van der Waals surface area contributed by atoms with E-state index in [0.29, 0.717) is 11.0 Å². The fourth-order valence-corrected chi connectivity index (χ4v) is 1.69. The molecule has 0 bridgehead atoms. The van der Waals surface area contributed by atoms with Gasteiger partial charge in [0.25, 0.3) is 5.19 Å². The van der Waals surface area contributed by atoms with Crippen molar-refractivity contribution in [1.82, 2.24) is 9.97 Å². The number of aromatic nitrogens is 2. The molecule has 0 atom stereocenters.